The molecule has 0 spiro atoms. The third-order valence-electron chi connectivity index (χ3n) is 3.25. The van der Waals surface area contributed by atoms with E-state index >= 15 is 0 Å². The van der Waals surface area contributed by atoms with Crippen LogP contribution in [0.5, 0.6) is 23.0 Å². The molecular weight excluding hydrogens is 466 g/mol. The number of hydrogen-bond donors (Lipinski definition) is 0. The third-order valence-corrected chi connectivity index (χ3v) is 4.02. The van der Waals surface area contributed by atoms with Crippen LogP contribution in [0.1, 0.15) is 15.9 Å². The predicted molar refractivity (Wildman–Crippen MR) is 90.1 cm³/mol. The number of benzene rings is 2. The van der Waals surface area contributed by atoms with E-state index in [4.69, 9.17) is 9.47 Å². The molecule has 11 nitrogen and oxygen atoms in total. The molecule has 0 aromatic heterocycles. The van der Waals surface area contributed by atoms with E-state index in [2.05, 4.69) is 8.37 Å². The first kappa shape index (κ1) is 29.1. The van der Waals surface area contributed by atoms with Crippen LogP contribution in [0.15, 0.2) is 36.4 Å². The van der Waals surface area contributed by atoms with Crippen molar-refractivity contribution in [3.63, 3.8) is 0 Å². The van der Waals surface area contributed by atoms with Crippen molar-refractivity contribution in [3.8, 4) is 23.0 Å². The van der Waals surface area contributed by atoms with Crippen molar-refractivity contribution in [2.75, 3.05) is 14.2 Å². The minimum absolute atomic E-state index is 0. The van der Waals surface area contributed by atoms with Gasteiger partial charge < -0.3 is 26.9 Å². The Morgan fingerprint density at radius 2 is 1.07 bits per heavy atom. The van der Waals surface area contributed by atoms with Gasteiger partial charge in [-0.15, -0.1) is 0 Å². The van der Waals surface area contributed by atoms with E-state index in [9.17, 15) is 30.7 Å². The summed E-state index contributed by atoms with van der Waals surface area (Å²) in [5.74, 6) is -2.17. The summed E-state index contributed by atoms with van der Waals surface area (Å²) >= 11 is 0. The topological polar surface area (TPSA) is 168 Å². The largest absolute Gasteiger partial charge is 1.00 e. The molecule has 0 aliphatic carbocycles. The van der Waals surface area contributed by atoms with Gasteiger partial charge in [-0.1, -0.05) is 0 Å². The molecule has 30 heavy (non-hydrogen) atoms. The predicted octanol–water partition coefficient (Wildman–Crippen LogP) is -5.38. The maximum atomic E-state index is 12.8. The molecule has 0 atom stereocenters. The fourth-order valence-corrected chi connectivity index (χ4v) is 2.85. The molecular formula is C15H12Na2O11S2. The molecule has 0 unspecified atom stereocenters. The summed E-state index contributed by atoms with van der Waals surface area (Å²) < 4.78 is 84.1. The molecule has 0 fully saturated rings. The molecule has 0 radical (unpaired) electrons. The Kier molecular flexibility index (Phi) is 11.3. The van der Waals surface area contributed by atoms with Gasteiger partial charge in [0.15, 0.2) is 11.5 Å². The Balaban J connectivity index is 0.00000420. The van der Waals surface area contributed by atoms with Crippen molar-refractivity contribution in [1.29, 1.82) is 0 Å². The number of rotatable bonds is 8. The number of carbonyl (C=O) groups excluding carboxylic acids is 1. The standard InChI is InChI=1S/C15H14O11S2.2Na/c1-23-9-3-5-11(13(7-9)25-27(17,18)19)15(16)12-6-4-10(24-2)8-14(12)26-28(20,21)22;;/h3-8H,1-2H3,(H,17,18,19)(H,20,21,22);;/q;2*+1/p-2. The van der Waals surface area contributed by atoms with Crippen molar-refractivity contribution in [3.05, 3.63) is 47.5 Å². The van der Waals surface area contributed by atoms with Crippen molar-refractivity contribution >= 4 is 26.6 Å². The van der Waals surface area contributed by atoms with Crippen LogP contribution in [-0.4, -0.2) is 45.9 Å². The van der Waals surface area contributed by atoms with Gasteiger partial charge in [-0.2, -0.15) is 0 Å². The minimum Gasteiger partial charge on any atom is -0.716 e. The van der Waals surface area contributed by atoms with Gasteiger partial charge >= 0.3 is 59.1 Å². The van der Waals surface area contributed by atoms with E-state index in [0.29, 0.717) is 0 Å². The first-order valence-electron chi connectivity index (χ1n) is 7.15. The summed E-state index contributed by atoms with van der Waals surface area (Å²) in [4.78, 5) is 12.8. The van der Waals surface area contributed by atoms with E-state index in [1.165, 1.54) is 26.4 Å². The Bertz CT molecular complexity index is 1030. The minimum atomic E-state index is -5.24. The molecule has 0 aliphatic rings. The summed E-state index contributed by atoms with van der Waals surface area (Å²) in [6.45, 7) is 0. The first-order valence-corrected chi connectivity index (χ1v) is 9.81. The number of ketones is 1. The molecule has 152 valence electrons. The van der Waals surface area contributed by atoms with Crippen molar-refractivity contribution in [1.82, 2.24) is 0 Å². The summed E-state index contributed by atoms with van der Waals surface area (Å²) in [6, 6.07) is 6.65. The van der Waals surface area contributed by atoms with Crippen LogP contribution >= 0.6 is 0 Å². The van der Waals surface area contributed by atoms with Crippen LogP contribution in [0.4, 0.5) is 0 Å². The maximum absolute atomic E-state index is 12.8. The summed E-state index contributed by atoms with van der Waals surface area (Å²) in [5, 5.41) is 0. The van der Waals surface area contributed by atoms with Gasteiger partial charge in [0.05, 0.1) is 25.3 Å². The van der Waals surface area contributed by atoms with Gasteiger partial charge in [-0.25, -0.2) is 16.8 Å². The third kappa shape index (κ3) is 8.34. The fourth-order valence-electron chi connectivity index (χ4n) is 2.14. The number of ether oxygens (including phenoxy) is 2. The van der Waals surface area contributed by atoms with Gasteiger partial charge in [0.25, 0.3) is 20.8 Å². The van der Waals surface area contributed by atoms with Crippen LogP contribution in [0.2, 0.25) is 0 Å². The van der Waals surface area contributed by atoms with Crippen LogP contribution in [0, 0.1) is 0 Å². The van der Waals surface area contributed by atoms with Crippen LogP contribution in [0.3, 0.4) is 0 Å². The van der Waals surface area contributed by atoms with E-state index in [1.54, 1.807) is 0 Å². The molecule has 2 aromatic carbocycles. The second-order valence-electron chi connectivity index (χ2n) is 5.04. The van der Waals surface area contributed by atoms with Crippen molar-refractivity contribution in [2.45, 2.75) is 0 Å². The molecule has 0 heterocycles. The number of hydrogen-bond acceptors (Lipinski definition) is 11. The summed E-state index contributed by atoms with van der Waals surface area (Å²) in [6.07, 6.45) is 0. The Labute approximate surface area is 217 Å². The van der Waals surface area contributed by atoms with Gasteiger partial charge in [-0.3, -0.25) is 4.79 Å². The Hall–Kier alpha value is -0.870. The summed E-state index contributed by atoms with van der Waals surface area (Å²) in [7, 11) is -7.99. The smallest absolute Gasteiger partial charge is 0.716 e. The number of carbonyl (C=O) groups is 1. The first-order chi connectivity index (χ1) is 12.9. The second kappa shape index (κ2) is 11.7. The zero-order valence-corrected chi connectivity index (χ0v) is 21.9. The quantitative estimate of drug-likeness (QED) is 0.154. The van der Waals surface area contributed by atoms with Gasteiger partial charge in [0, 0.05) is 12.1 Å². The van der Waals surface area contributed by atoms with E-state index < -0.39 is 49.2 Å². The van der Waals surface area contributed by atoms with Gasteiger partial charge in [0.1, 0.15) is 11.5 Å². The second-order valence-corrected chi connectivity index (χ2v) is 7.00. The van der Waals surface area contributed by atoms with Gasteiger partial charge in [0.2, 0.25) is 5.78 Å². The van der Waals surface area contributed by atoms with Crippen LogP contribution < -0.4 is 77.0 Å². The fraction of sp³-hybridized carbons (Fsp3) is 0.133. The molecule has 0 amide bonds. The van der Waals surface area contributed by atoms with Crippen molar-refractivity contribution in [2.24, 2.45) is 0 Å². The van der Waals surface area contributed by atoms with Crippen LogP contribution in [-0.2, 0) is 20.8 Å². The van der Waals surface area contributed by atoms with E-state index in [0.717, 1.165) is 24.3 Å². The zero-order valence-electron chi connectivity index (χ0n) is 16.3. The molecule has 0 N–H and O–H groups in total. The Morgan fingerprint density at radius 3 is 1.33 bits per heavy atom. The summed E-state index contributed by atoms with van der Waals surface area (Å²) in [5.41, 5.74) is -0.864. The Morgan fingerprint density at radius 1 is 0.733 bits per heavy atom. The zero-order chi connectivity index (χ0) is 21.1. The molecule has 2 aromatic rings. The molecule has 2 rings (SSSR count). The SMILES string of the molecule is COc1ccc(C(=O)c2ccc(OC)cc2OS(=O)(=O)[O-])c(OS(=O)(=O)[O-])c1.[Na+].[Na+]. The average Bonchev–Trinajstić information content (AvgIpc) is 2.58. The number of methoxy groups -OCH3 is 2. The average molecular weight is 478 g/mol. The molecule has 0 saturated carbocycles. The molecule has 0 aliphatic heterocycles. The van der Waals surface area contributed by atoms with E-state index in [-0.39, 0.29) is 70.6 Å². The molecule has 0 saturated heterocycles. The monoisotopic (exact) mass is 478 g/mol. The molecule has 0 bridgehead atoms. The van der Waals surface area contributed by atoms with Crippen LogP contribution in [0.25, 0.3) is 0 Å². The van der Waals surface area contributed by atoms with Crippen molar-refractivity contribution < 1.29 is 108 Å². The molecule has 15 heteroatoms. The maximum Gasteiger partial charge on any atom is 1.00 e. The van der Waals surface area contributed by atoms with Gasteiger partial charge in [-0.05, 0) is 24.3 Å². The van der Waals surface area contributed by atoms with E-state index in [1.807, 2.05) is 0 Å². The normalized spacial score (nSPS) is 10.8.